The zero-order chi connectivity index (χ0) is 17.7. The molecule has 1 aliphatic heterocycles. The van der Waals surface area contributed by atoms with E-state index in [0.29, 0.717) is 5.56 Å². The maximum absolute atomic E-state index is 12.9. The maximum atomic E-state index is 12.9. The lowest BCUT2D eigenvalue weighted by Gasteiger charge is -2.14. The van der Waals surface area contributed by atoms with E-state index < -0.39 is 5.91 Å². The highest BCUT2D eigenvalue weighted by molar-refractivity contribution is 8.18. The van der Waals surface area contributed by atoms with Gasteiger partial charge < -0.3 is 5.32 Å². The first-order valence-electron chi connectivity index (χ1n) is 7.24. The number of nitrogens with zero attached hydrogens (tertiary/aromatic N) is 1. The topological polar surface area (TPSA) is 66.5 Å². The Kier molecular flexibility index (Phi) is 6.44. The second kappa shape index (κ2) is 8.34. The summed E-state index contributed by atoms with van der Waals surface area (Å²) >= 11 is 2.26. The summed E-state index contributed by atoms with van der Waals surface area (Å²) in [5, 5.41) is 2.14. The molecule has 1 aliphatic rings. The minimum Gasteiger partial charge on any atom is -0.353 e. The molecule has 1 fully saturated rings. The number of thioether (sulfide) groups is 2. The van der Waals surface area contributed by atoms with Crippen LogP contribution in [0, 0.1) is 5.82 Å². The minimum atomic E-state index is -0.401. The molecule has 1 N–H and O–H groups in total. The van der Waals surface area contributed by atoms with E-state index in [0.717, 1.165) is 16.7 Å². The number of imide groups is 1. The largest absolute Gasteiger partial charge is 0.353 e. The van der Waals surface area contributed by atoms with Crippen molar-refractivity contribution in [2.75, 3.05) is 19.3 Å². The minimum absolute atomic E-state index is 0.123. The van der Waals surface area contributed by atoms with Gasteiger partial charge in [0.05, 0.1) is 10.2 Å². The maximum Gasteiger partial charge on any atom is 0.293 e. The molecular formula is C16H17FN2O3S2. The Morgan fingerprint density at radius 1 is 1.38 bits per heavy atom. The van der Waals surface area contributed by atoms with Crippen molar-refractivity contribution < 1.29 is 18.8 Å². The monoisotopic (exact) mass is 368 g/mol. The fourth-order valence-electron chi connectivity index (χ4n) is 1.94. The Morgan fingerprint density at radius 2 is 2.04 bits per heavy atom. The summed E-state index contributed by atoms with van der Waals surface area (Å²) in [4.78, 5) is 37.3. The van der Waals surface area contributed by atoms with Crippen LogP contribution in [0.25, 0.3) is 6.08 Å². The Bertz CT molecular complexity index is 676. The van der Waals surface area contributed by atoms with E-state index in [1.165, 1.54) is 36.0 Å². The van der Waals surface area contributed by atoms with Gasteiger partial charge in [-0.15, -0.1) is 0 Å². The van der Waals surface area contributed by atoms with Gasteiger partial charge in [0.25, 0.3) is 11.1 Å². The number of carbonyl (C=O) groups excluding carboxylic acids is 3. The predicted molar refractivity (Wildman–Crippen MR) is 95.1 cm³/mol. The van der Waals surface area contributed by atoms with Gasteiger partial charge in [-0.25, -0.2) is 4.39 Å². The van der Waals surface area contributed by atoms with Gasteiger partial charge in [-0.05, 0) is 48.7 Å². The van der Waals surface area contributed by atoms with E-state index in [1.807, 2.05) is 6.26 Å². The highest BCUT2D eigenvalue weighted by atomic mass is 32.2. The normalized spacial score (nSPS) is 17.5. The molecule has 8 heteroatoms. The third-order valence-electron chi connectivity index (χ3n) is 3.40. The lowest BCUT2D eigenvalue weighted by molar-refractivity contribution is -0.124. The van der Waals surface area contributed by atoms with Crippen molar-refractivity contribution in [3.63, 3.8) is 0 Å². The molecule has 1 heterocycles. The molecule has 1 aromatic rings. The van der Waals surface area contributed by atoms with Crippen LogP contribution in [0.5, 0.6) is 0 Å². The van der Waals surface area contributed by atoms with Gasteiger partial charge in [0.1, 0.15) is 5.82 Å². The zero-order valence-corrected chi connectivity index (χ0v) is 14.9. The van der Waals surface area contributed by atoms with Crippen molar-refractivity contribution in [2.45, 2.75) is 12.2 Å². The third-order valence-corrected chi connectivity index (χ3v) is 5.23. The van der Waals surface area contributed by atoms with Crippen molar-refractivity contribution in [3.05, 3.63) is 40.6 Å². The van der Waals surface area contributed by atoms with Crippen molar-refractivity contribution in [3.8, 4) is 0 Å². The molecule has 1 saturated heterocycles. The standard InChI is InChI=1S/C16H17FN2O3S2/c1-10(23-2)14(20)18-7-8-19-15(21)13(24-16(19)22)9-11-3-5-12(17)6-4-11/h3-6,9-10H,7-8H2,1-2H3,(H,18,20)/b13-9-. The second-order valence-electron chi connectivity index (χ2n) is 5.05. The quantitative estimate of drug-likeness (QED) is 0.782. The van der Waals surface area contributed by atoms with Crippen LogP contribution in [0.1, 0.15) is 12.5 Å². The summed E-state index contributed by atoms with van der Waals surface area (Å²) < 4.78 is 12.9. The fraction of sp³-hybridized carbons (Fsp3) is 0.312. The molecule has 5 nitrogen and oxygen atoms in total. The summed E-state index contributed by atoms with van der Waals surface area (Å²) in [6.07, 6.45) is 3.39. The summed E-state index contributed by atoms with van der Waals surface area (Å²) in [7, 11) is 0. The molecule has 0 spiro atoms. The first-order valence-corrected chi connectivity index (χ1v) is 9.34. The number of hydrogen-bond acceptors (Lipinski definition) is 5. The van der Waals surface area contributed by atoms with Crippen molar-refractivity contribution >= 4 is 46.7 Å². The van der Waals surface area contributed by atoms with Gasteiger partial charge in [-0.2, -0.15) is 11.8 Å². The highest BCUT2D eigenvalue weighted by Gasteiger charge is 2.34. The summed E-state index contributed by atoms with van der Waals surface area (Å²) in [5.74, 6) is -0.895. The average molecular weight is 368 g/mol. The molecule has 1 aromatic carbocycles. The number of halogens is 1. The van der Waals surface area contributed by atoms with Gasteiger partial charge in [-0.1, -0.05) is 12.1 Å². The molecule has 24 heavy (non-hydrogen) atoms. The molecule has 2 rings (SSSR count). The molecule has 0 saturated carbocycles. The number of nitrogens with one attached hydrogen (secondary N) is 1. The number of carbonyl (C=O) groups is 3. The lowest BCUT2D eigenvalue weighted by atomic mass is 10.2. The van der Waals surface area contributed by atoms with Crippen LogP contribution in [0.2, 0.25) is 0 Å². The van der Waals surface area contributed by atoms with E-state index in [9.17, 15) is 18.8 Å². The summed E-state index contributed by atoms with van der Waals surface area (Å²) in [6, 6.07) is 5.65. The SMILES string of the molecule is CSC(C)C(=O)NCCN1C(=O)S/C(=C\c2ccc(F)cc2)C1=O. The van der Waals surface area contributed by atoms with Crippen molar-refractivity contribution in [1.82, 2.24) is 10.2 Å². The van der Waals surface area contributed by atoms with Gasteiger partial charge >= 0.3 is 0 Å². The Labute approximate surface area is 148 Å². The van der Waals surface area contributed by atoms with E-state index in [1.54, 1.807) is 13.0 Å². The fourth-order valence-corrected chi connectivity index (χ4v) is 3.11. The summed E-state index contributed by atoms with van der Waals surface area (Å²) in [5.41, 5.74) is 0.643. The molecular weight excluding hydrogens is 351 g/mol. The third kappa shape index (κ3) is 4.61. The van der Waals surface area contributed by atoms with Crippen LogP contribution in [0.4, 0.5) is 9.18 Å². The van der Waals surface area contributed by atoms with E-state index in [-0.39, 0.29) is 40.2 Å². The van der Waals surface area contributed by atoms with Crippen LogP contribution < -0.4 is 5.32 Å². The number of benzene rings is 1. The first-order chi connectivity index (χ1) is 11.4. The van der Waals surface area contributed by atoms with Crippen LogP contribution >= 0.6 is 23.5 Å². The van der Waals surface area contributed by atoms with Gasteiger partial charge in [0, 0.05) is 13.1 Å². The van der Waals surface area contributed by atoms with Gasteiger partial charge in [0.2, 0.25) is 5.91 Å². The van der Waals surface area contributed by atoms with Crippen molar-refractivity contribution in [2.24, 2.45) is 0 Å². The second-order valence-corrected chi connectivity index (χ2v) is 7.23. The van der Waals surface area contributed by atoms with Crippen LogP contribution in [0.3, 0.4) is 0 Å². The zero-order valence-electron chi connectivity index (χ0n) is 13.2. The molecule has 0 aliphatic carbocycles. The lowest BCUT2D eigenvalue weighted by Crippen LogP contribution is -2.39. The Balaban J connectivity index is 1.96. The predicted octanol–water partition coefficient (Wildman–Crippen LogP) is 2.73. The number of rotatable bonds is 6. The summed E-state index contributed by atoms with van der Waals surface area (Å²) in [6.45, 7) is 2.12. The van der Waals surface area contributed by atoms with Crippen LogP contribution in [0.15, 0.2) is 29.2 Å². The Hall–Kier alpha value is -1.80. The average Bonchev–Trinajstić information content (AvgIpc) is 2.83. The van der Waals surface area contributed by atoms with E-state index in [2.05, 4.69) is 5.32 Å². The molecule has 1 atom stereocenters. The Morgan fingerprint density at radius 3 is 2.67 bits per heavy atom. The van der Waals surface area contributed by atoms with E-state index >= 15 is 0 Å². The molecule has 0 radical (unpaired) electrons. The van der Waals surface area contributed by atoms with Crippen LogP contribution in [-0.2, 0) is 9.59 Å². The molecule has 1 unspecified atom stereocenters. The number of hydrogen-bond donors (Lipinski definition) is 1. The highest BCUT2D eigenvalue weighted by Crippen LogP contribution is 2.31. The molecule has 0 aromatic heterocycles. The van der Waals surface area contributed by atoms with Crippen molar-refractivity contribution in [1.29, 1.82) is 0 Å². The van der Waals surface area contributed by atoms with Crippen LogP contribution in [-0.4, -0.2) is 46.5 Å². The molecule has 128 valence electrons. The molecule has 0 bridgehead atoms. The van der Waals surface area contributed by atoms with Gasteiger partial charge in [-0.3, -0.25) is 19.3 Å². The van der Waals surface area contributed by atoms with Gasteiger partial charge in [0.15, 0.2) is 0 Å². The van der Waals surface area contributed by atoms with E-state index in [4.69, 9.17) is 0 Å². The number of amides is 3. The molecule has 3 amide bonds. The first kappa shape index (κ1) is 18.5. The smallest absolute Gasteiger partial charge is 0.293 e.